The molecule has 0 saturated heterocycles. The Morgan fingerprint density at radius 2 is 1.19 bits per heavy atom. The lowest BCUT2D eigenvalue weighted by atomic mass is 10.2. The number of benzene rings is 3. The Hall–Kier alpha value is -3.66. The molecule has 6 rings (SSSR count). The van der Waals surface area contributed by atoms with Crippen molar-refractivity contribution < 1.29 is 0 Å². The van der Waals surface area contributed by atoms with Crippen LogP contribution in [0.1, 0.15) is 0 Å². The van der Waals surface area contributed by atoms with Crippen molar-refractivity contribution in [1.29, 1.82) is 0 Å². The normalized spacial score (nSPS) is 11.9. The van der Waals surface area contributed by atoms with Gasteiger partial charge in [0.15, 0.2) is 0 Å². The summed E-state index contributed by atoms with van der Waals surface area (Å²) in [5, 5.41) is 3.59. The smallest absolute Gasteiger partial charge is 0.235 e. The molecule has 0 aliphatic carbocycles. The molecule has 27 heavy (non-hydrogen) atoms. The quantitative estimate of drug-likeness (QED) is 0.408. The zero-order chi connectivity index (χ0) is 18.0. The molecule has 0 atom stereocenters. The molecule has 0 saturated carbocycles. The molecule has 4 heteroatoms. The number of aryl methyl sites for hydroxylation is 1. The van der Waals surface area contributed by atoms with Gasteiger partial charge in [0.05, 0.1) is 28.3 Å². The Morgan fingerprint density at radius 1 is 0.630 bits per heavy atom. The lowest BCUT2D eigenvalue weighted by molar-refractivity contribution is 0.977. The van der Waals surface area contributed by atoms with Gasteiger partial charge in [-0.1, -0.05) is 54.6 Å². The topological polar surface area (TPSA) is 35.6 Å². The van der Waals surface area contributed by atoms with Crippen molar-refractivity contribution in [3.63, 3.8) is 0 Å². The predicted molar refractivity (Wildman–Crippen MR) is 110 cm³/mol. The third-order valence-corrected chi connectivity index (χ3v) is 5.42. The van der Waals surface area contributed by atoms with Crippen LogP contribution in [0.25, 0.3) is 49.7 Å². The van der Waals surface area contributed by atoms with Crippen molar-refractivity contribution in [2.75, 3.05) is 0 Å². The standard InChI is InChI=1S/C23H16N4/c1-26-18-11-5-4-10-17(18)22-21(26)14-24-23(25-22)27-19-12-6-2-8-15(19)16-9-3-7-13-20(16)27/h2-14H,1H3. The number of nitrogens with zero attached hydrogens (tertiary/aromatic N) is 4. The number of hydrogen-bond acceptors (Lipinski definition) is 2. The van der Waals surface area contributed by atoms with Crippen molar-refractivity contribution in [3.05, 3.63) is 79.0 Å². The van der Waals surface area contributed by atoms with E-state index in [1.54, 1.807) is 0 Å². The Morgan fingerprint density at radius 3 is 1.85 bits per heavy atom. The number of hydrogen-bond donors (Lipinski definition) is 0. The van der Waals surface area contributed by atoms with Crippen LogP contribution in [0.15, 0.2) is 79.0 Å². The average molecular weight is 348 g/mol. The fourth-order valence-electron chi connectivity index (χ4n) is 4.15. The highest BCUT2D eigenvalue weighted by Gasteiger charge is 2.15. The molecule has 0 spiro atoms. The van der Waals surface area contributed by atoms with E-state index in [0.717, 1.165) is 27.5 Å². The maximum absolute atomic E-state index is 5.00. The van der Waals surface area contributed by atoms with Gasteiger partial charge in [-0.25, -0.2) is 9.97 Å². The summed E-state index contributed by atoms with van der Waals surface area (Å²) in [5.41, 5.74) is 5.44. The molecule has 0 aliphatic rings. The van der Waals surface area contributed by atoms with Crippen LogP contribution in [-0.2, 0) is 7.05 Å². The fraction of sp³-hybridized carbons (Fsp3) is 0.0435. The van der Waals surface area contributed by atoms with Crippen molar-refractivity contribution in [1.82, 2.24) is 19.1 Å². The van der Waals surface area contributed by atoms with Crippen molar-refractivity contribution in [3.8, 4) is 5.95 Å². The van der Waals surface area contributed by atoms with E-state index in [9.17, 15) is 0 Å². The van der Waals surface area contributed by atoms with Gasteiger partial charge in [0, 0.05) is 23.2 Å². The maximum Gasteiger partial charge on any atom is 0.235 e. The second-order valence-electron chi connectivity index (χ2n) is 6.85. The highest BCUT2D eigenvalue weighted by Crippen LogP contribution is 2.32. The van der Waals surface area contributed by atoms with Crippen molar-refractivity contribution >= 4 is 43.7 Å². The summed E-state index contributed by atoms with van der Waals surface area (Å²) in [6.07, 6.45) is 1.93. The maximum atomic E-state index is 5.00. The molecule has 4 nitrogen and oxygen atoms in total. The Labute approximate surface area is 155 Å². The van der Waals surface area contributed by atoms with E-state index in [0.29, 0.717) is 5.95 Å². The Bertz CT molecular complexity index is 1430. The summed E-state index contributed by atoms with van der Waals surface area (Å²) in [5.74, 6) is 0.705. The molecular weight excluding hydrogens is 332 g/mol. The minimum atomic E-state index is 0.705. The van der Waals surface area contributed by atoms with Crippen LogP contribution in [0.2, 0.25) is 0 Å². The first kappa shape index (κ1) is 14.5. The second kappa shape index (κ2) is 5.17. The van der Waals surface area contributed by atoms with Gasteiger partial charge in [0.2, 0.25) is 5.95 Å². The zero-order valence-electron chi connectivity index (χ0n) is 14.8. The molecule has 0 amide bonds. The minimum Gasteiger partial charge on any atom is -0.341 e. The lowest BCUT2D eigenvalue weighted by Gasteiger charge is -2.06. The fourth-order valence-corrected chi connectivity index (χ4v) is 4.15. The van der Waals surface area contributed by atoms with Gasteiger partial charge in [0.1, 0.15) is 5.52 Å². The molecule has 0 unspecified atom stereocenters. The summed E-state index contributed by atoms with van der Waals surface area (Å²) >= 11 is 0. The molecular formula is C23H16N4. The van der Waals surface area contributed by atoms with E-state index < -0.39 is 0 Å². The monoisotopic (exact) mass is 348 g/mol. The first-order valence-corrected chi connectivity index (χ1v) is 9.01. The molecule has 0 fully saturated rings. The SMILES string of the molecule is Cn1c2ccccc2c2nc(-n3c4ccccc4c4ccccc43)ncc21. The van der Waals surface area contributed by atoms with Gasteiger partial charge in [-0.3, -0.25) is 4.57 Å². The van der Waals surface area contributed by atoms with Crippen LogP contribution < -0.4 is 0 Å². The number of aromatic nitrogens is 4. The summed E-state index contributed by atoms with van der Waals surface area (Å²) in [7, 11) is 2.06. The summed E-state index contributed by atoms with van der Waals surface area (Å²) in [4.78, 5) is 9.73. The highest BCUT2D eigenvalue weighted by molar-refractivity contribution is 6.09. The minimum absolute atomic E-state index is 0.705. The van der Waals surface area contributed by atoms with E-state index in [1.165, 1.54) is 16.3 Å². The molecule has 6 aromatic rings. The molecule has 0 bridgehead atoms. The summed E-state index contributed by atoms with van der Waals surface area (Å²) in [6.45, 7) is 0. The summed E-state index contributed by atoms with van der Waals surface area (Å²) < 4.78 is 4.31. The lowest BCUT2D eigenvalue weighted by Crippen LogP contribution is -2.01. The first-order valence-electron chi connectivity index (χ1n) is 9.01. The van der Waals surface area contributed by atoms with E-state index in [1.807, 2.05) is 6.20 Å². The molecule has 3 aromatic heterocycles. The molecule has 3 aromatic carbocycles. The van der Waals surface area contributed by atoms with Gasteiger partial charge in [-0.05, 0) is 18.2 Å². The largest absolute Gasteiger partial charge is 0.341 e. The van der Waals surface area contributed by atoms with Crippen molar-refractivity contribution in [2.45, 2.75) is 0 Å². The van der Waals surface area contributed by atoms with Crippen LogP contribution in [-0.4, -0.2) is 19.1 Å². The third-order valence-electron chi connectivity index (χ3n) is 5.42. The number of para-hydroxylation sites is 3. The molecule has 0 N–H and O–H groups in total. The predicted octanol–water partition coefficient (Wildman–Crippen LogP) is 5.22. The average Bonchev–Trinajstić information content (AvgIpc) is 3.21. The Kier molecular flexibility index (Phi) is 2.78. The number of fused-ring (bicyclic) bond motifs is 6. The van der Waals surface area contributed by atoms with Gasteiger partial charge in [-0.2, -0.15) is 0 Å². The van der Waals surface area contributed by atoms with E-state index in [4.69, 9.17) is 9.97 Å². The van der Waals surface area contributed by atoms with Gasteiger partial charge in [0.25, 0.3) is 0 Å². The van der Waals surface area contributed by atoms with Crippen molar-refractivity contribution in [2.24, 2.45) is 7.05 Å². The first-order chi connectivity index (χ1) is 13.3. The van der Waals surface area contributed by atoms with Crippen LogP contribution in [0.3, 0.4) is 0 Å². The van der Waals surface area contributed by atoms with Crippen LogP contribution in [0.5, 0.6) is 0 Å². The molecule has 0 aliphatic heterocycles. The number of rotatable bonds is 1. The van der Waals surface area contributed by atoms with Gasteiger partial charge >= 0.3 is 0 Å². The van der Waals surface area contributed by atoms with Crippen LogP contribution in [0, 0.1) is 0 Å². The molecule has 3 heterocycles. The van der Waals surface area contributed by atoms with Gasteiger partial charge in [-0.15, -0.1) is 0 Å². The molecule has 0 radical (unpaired) electrons. The zero-order valence-corrected chi connectivity index (χ0v) is 14.8. The third kappa shape index (κ3) is 1.87. The molecule has 128 valence electrons. The summed E-state index contributed by atoms with van der Waals surface area (Å²) in [6, 6.07) is 25.2. The Balaban J connectivity index is 1.77. The van der Waals surface area contributed by atoms with Crippen LogP contribution >= 0.6 is 0 Å². The van der Waals surface area contributed by atoms with Crippen LogP contribution in [0.4, 0.5) is 0 Å². The van der Waals surface area contributed by atoms with Gasteiger partial charge < -0.3 is 4.57 Å². The van der Waals surface area contributed by atoms with E-state index in [-0.39, 0.29) is 0 Å². The highest BCUT2D eigenvalue weighted by atomic mass is 15.2. The van der Waals surface area contributed by atoms with E-state index in [2.05, 4.69) is 89.0 Å². The van der Waals surface area contributed by atoms with E-state index >= 15 is 0 Å². The second-order valence-corrected chi connectivity index (χ2v) is 6.85.